The number of anilines is 1. The number of aromatic nitrogens is 2. The van der Waals surface area contributed by atoms with Gasteiger partial charge in [0.1, 0.15) is 17.5 Å². The maximum atomic E-state index is 11.9. The van der Waals surface area contributed by atoms with E-state index in [0.29, 0.717) is 24.1 Å². The number of piperidine rings is 1. The minimum absolute atomic E-state index is 0.233. The van der Waals surface area contributed by atoms with Gasteiger partial charge in [-0.25, -0.2) is 9.48 Å². The number of allylic oxidation sites excluding steroid dienone is 1. The number of rotatable bonds is 5. The Morgan fingerprint density at radius 3 is 2.88 bits per heavy atom. The van der Waals surface area contributed by atoms with Crippen molar-refractivity contribution < 1.29 is 14.3 Å². The first-order valence-corrected chi connectivity index (χ1v) is 8.72. The number of hydrogen-bond acceptors (Lipinski definition) is 6. The van der Waals surface area contributed by atoms with E-state index in [4.69, 9.17) is 15.2 Å². The third-order valence-electron chi connectivity index (χ3n) is 4.72. The van der Waals surface area contributed by atoms with Gasteiger partial charge >= 0.3 is 5.97 Å². The highest BCUT2D eigenvalue weighted by molar-refractivity contribution is 5.94. The van der Waals surface area contributed by atoms with Gasteiger partial charge in [0.2, 0.25) is 0 Å². The van der Waals surface area contributed by atoms with Crippen molar-refractivity contribution in [2.75, 3.05) is 32.0 Å². The summed E-state index contributed by atoms with van der Waals surface area (Å²) in [5.41, 5.74) is 6.47. The molecule has 7 nitrogen and oxygen atoms in total. The molecule has 1 aromatic rings. The van der Waals surface area contributed by atoms with E-state index in [1.807, 2.05) is 6.26 Å². The third-order valence-corrected chi connectivity index (χ3v) is 4.72. The second-order valence-corrected chi connectivity index (χ2v) is 6.35. The summed E-state index contributed by atoms with van der Waals surface area (Å²) in [7, 11) is 0. The molecular formula is C17H26N4O3. The predicted molar refractivity (Wildman–Crippen MR) is 90.6 cm³/mol. The van der Waals surface area contributed by atoms with Gasteiger partial charge in [-0.15, -0.1) is 0 Å². The molecule has 3 heterocycles. The fourth-order valence-corrected chi connectivity index (χ4v) is 3.38. The van der Waals surface area contributed by atoms with E-state index in [1.165, 1.54) is 6.20 Å². The second-order valence-electron chi connectivity index (χ2n) is 6.35. The van der Waals surface area contributed by atoms with Crippen molar-refractivity contribution in [2.45, 2.75) is 44.8 Å². The number of nitrogens with zero attached hydrogens (tertiary/aromatic N) is 3. The minimum Gasteiger partial charge on any atom is -0.497 e. The lowest BCUT2D eigenvalue weighted by molar-refractivity contribution is 0.0527. The highest BCUT2D eigenvalue weighted by atomic mass is 16.5. The number of carbonyl (C=O) groups excluding carboxylic acids is 1. The fourth-order valence-electron chi connectivity index (χ4n) is 3.38. The third kappa shape index (κ3) is 3.72. The second kappa shape index (κ2) is 7.70. The van der Waals surface area contributed by atoms with E-state index < -0.39 is 5.97 Å². The molecule has 0 saturated carbocycles. The zero-order valence-electron chi connectivity index (χ0n) is 14.2. The molecule has 2 N–H and O–H groups in total. The van der Waals surface area contributed by atoms with Crippen molar-refractivity contribution >= 4 is 11.8 Å². The van der Waals surface area contributed by atoms with Crippen molar-refractivity contribution in [3.63, 3.8) is 0 Å². The van der Waals surface area contributed by atoms with Gasteiger partial charge in [0.05, 0.1) is 25.1 Å². The highest BCUT2D eigenvalue weighted by Gasteiger charge is 2.26. The van der Waals surface area contributed by atoms with Crippen LogP contribution in [0.5, 0.6) is 0 Å². The van der Waals surface area contributed by atoms with Crippen molar-refractivity contribution in [1.82, 2.24) is 14.7 Å². The monoisotopic (exact) mass is 334 g/mol. The van der Waals surface area contributed by atoms with Crippen molar-refractivity contribution in [2.24, 2.45) is 0 Å². The van der Waals surface area contributed by atoms with Crippen LogP contribution in [-0.4, -0.2) is 53.0 Å². The molecule has 1 atom stereocenters. The van der Waals surface area contributed by atoms with E-state index in [0.717, 1.165) is 45.3 Å². The van der Waals surface area contributed by atoms with E-state index in [-0.39, 0.29) is 6.04 Å². The Hall–Kier alpha value is -2.02. The standard InChI is InChI=1S/C17H26N4O3/c1-2-23-17(22)15-11-19-21(16(15)18)13-6-8-20(9-7-13)12-14-5-3-4-10-24-14/h4,10-11,13-14H,2-3,5-9,12,18H2,1H3/t14-/m0/s1. The Kier molecular flexibility index (Phi) is 5.40. The molecule has 0 unspecified atom stereocenters. The Morgan fingerprint density at radius 1 is 1.42 bits per heavy atom. The summed E-state index contributed by atoms with van der Waals surface area (Å²) in [6.45, 7) is 5.06. The number of likely N-dealkylation sites (tertiary alicyclic amines) is 1. The maximum Gasteiger partial charge on any atom is 0.343 e. The van der Waals surface area contributed by atoms with Gasteiger partial charge in [0, 0.05) is 19.6 Å². The molecule has 0 aromatic carbocycles. The molecule has 0 spiro atoms. The maximum absolute atomic E-state index is 11.9. The first-order chi connectivity index (χ1) is 11.7. The van der Waals surface area contributed by atoms with Crippen LogP contribution in [0.2, 0.25) is 0 Å². The number of nitrogens with two attached hydrogens (primary N) is 1. The molecule has 1 aromatic heterocycles. The van der Waals surface area contributed by atoms with E-state index in [9.17, 15) is 4.79 Å². The quantitative estimate of drug-likeness (QED) is 0.829. The molecular weight excluding hydrogens is 308 g/mol. The van der Waals surface area contributed by atoms with Crippen LogP contribution in [0.1, 0.15) is 49.0 Å². The Labute approximate surface area is 142 Å². The van der Waals surface area contributed by atoms with Crippen molar-refractivity contribution in [1.29, 1.82) is 0 Å². The first kappa shape index (κ1) is 16.8. The summed E-state index contributed by atoms with van der Waals surface area (Å²) < 4.78 is 12.4. The van der Waals surface area contributed by atoms with Gasteiger partial charge in [-0.2, -0.15) is 5.10 Å². The van der Waals surface area contributed by atoms with Crippen LogP contribution in [-0.2, 0) is 9.47 Å². The molecule has 24 heavy (non-hydrogen) atoms. The molecule has 132 valence electrons. The normalized spacial score (nSPS) is 22.3. The molecule has 1 fully saturated rings. The van der Waals surface area contributed by atoms with Crippen LogP contribution in [0.15, 0.2) is 18.5 Å². The van der Waals surface area contributed by atoms with Crippen LogP contribution >= 0.6 is 0 Å². The van der Waals surface area contributed by atoms with Gasteiger partial charge < -0.3 is 15.2 Å². The van der Waals surface area contributed by atoms with Crippen LogP contribution in [0.3, 0.4) is 0 Å². The number of ether oxygens (including phenoxy) is 2. The first-order valence-electron chi connectivity index (χ1n) is 8.72. The summed E-state index contributed by atoms with van der Waals surface area (Å²) in [4.78, 5) is 14.3. The van der Waals surface area contributed by atoms with Gasteiger partial charge in [-0.3, -0.25) is 4.90 Å². The Bertz CT molecular complexity index is 591. The zero-order chi connectivity index (χ0) is 16.9. The lowest BCUT2D eigenvalue weighted by atomic mass is 10.0. The average Bonchev–Trinajstić information content (AvgIpc) is 2.98. The molecule has 3 rings (SSSR count). The van der Waals surface area contributed by atoms with Crippen LogP contribution < -0.4 is 5.73 Å². The number of esters is 1. The van der Waals surface area contributed by atoms with Gasteiger partial charge in [-0.1, -0.05) is 0 Å². The summed E-state index contributed by atoms with van der Waals surface area (Å²) in [5.74, 6) is 0.00818. The molecule has 2 aliphatic rings. The van der Waals surface area contributed by atoms with Gasteiger partial charge in [0.15, 0.2) is 0 Å². The van der Waals surface area contributed by atoms with Crippen LogP contribution in [0.4, 0.5) is 5.82 Å². The lowest BCUT2D eigenvalue weighted by Crippen LogP contribution is -2.40. The molecule has 0 bridgehead atoms. The zero-order valence-corrected chi connectivity index (χ0v) is 14.2. The van der Waals surface area contributed by atoms with Gasteiger partial charge in [0.25, 0.3) is 0 Å². The number of carbonyl (C=O) groups is 1. The molecule has 2 aliphatic heterocycles. The van der Waals surface area contributed by atoms with Crippen LogP contribution in [0.25, 0.3) is 0 Å². The molecule has 7 heteroatoms. The van der Waals surface area contributed by atoms with Crippen molar-refractivity contribution in [3.05, 3.63) is 24.1 Å². The average molecular weight is 334 g/mol. The molecule has 0 radical (unpaired) electrons. The largest absolute Gasteiger partial charge is 0.497 e. The smallest absolute Gasteiger partial charge is 0.343 e. The Balaban J connectivity index is 1.55. The summed E-state index contributed by atoms with van der Waals surface area (Å²) in [5, 5.41) is 4.32. The molecule has 1 saturated heterocycles. The van der Waals surface area contributed by atoms with Crippen LogP contribution in [0, 0.1) is 0 Å². The predicted octanol–water partition coefficient (Wildman–Crippen LogP) is 1.97. The van der Waals surface area contributed by atoms with Crippen molar-refractivity contribution in [3.8, 4) is 0 Å². The Morgan fingerprint density at radius 2 is 2.21 bits per heavy atom. The highest BCUT2D eigenvalue weighted by Crippen LogP contribution is 2.27. The number of hydrogen-bond donors (Lipinski definition) is 1. The topological polar surface area (TPSA) is 82.6 Å². The summed E-state index contributed by atoms with van der Waals surface area (Å²) >= 11 is 0. The SMILES string of the molecule is CCOC(=O)c1cnn(C2CCN(C[C@@H]3CCC=CO3)CC2)c1N. The number of nitrogen functional groups attached to an aromatic ring is 1. The van der Waals surface area contributed by atoms with Gasteiger partial charge in [-0.05, 0) is 38.7 Å². The summed E-state index contributed by atoms with van der Waals surface area (Å²) in [6.07, 6.45) is 9.84. The lowest BCUT2D eigenvalue weighted by Gasteiger charge is -2.34. The van der Waals surface area contributed by atoms with E-state index >= 15 is 0 Å². The molecule has 0 aliphatic carbocycles. The van der Waals surface area contributed by atoms with E-state index in [1.54, 1.807) is 11.6 Å². The molecule has 0 amide bonds. The fraction of sp³-hybridized carbons (Fsp3) is 0.647. The summed E-state index contributed by atoms with van der Waals surface area (Å²) in [6, 6.07) is 0.233. The minimum atomic E-state index is -0.402. The van der Waals surface area contributed by atoms with E-state index in [2.05, 4.69) is 16.1 Å².